The second-order valence-electron chi connectivity index (χ2n) is 4.77. The molecule has 0 aliphatic heterocycles. The number of aromatic nitrogens is 2. The van der Waals surface area contributed by atoms with E-state index in [1.54, 1.807) is 31.3 Å². The quantitative estimate of drug-likeness (QED) is 0.728. The molecular weight excluding hydrogens is 310 g/mol. The van der Waals surface area contributed by atoms with Crippen molar-refractivity contribution in [2.45, 2.75) is 6.92 Å². The van der Waals surface area contributed by atoms with Gasteiger partial charge in [0.1, 0.15) is 0 Å². The lowest BCUT2D eigenvalue weighted by Crippen LogP contribution is -2.08. The number of fused-ring (bicyclic) bond motifs is 1. The van der Waals surface area contributed by atoms with Crippen molar-refractivity contribution in [2.24, 2.45) is 0 Å². The number of hydrogen-bond acceptors (Lipinski definition) is 3. The van der Waals surface area contributed by atoms with Crippen LogP contribution in [0.25, 0.3) is 22.3 Å². The van der Waals surface area contributed by atoms with E-state index < -0.39 is 0 Å². The van der Waals surface area contributed by atoms with E-state index in [0.717, 1.165) is 11.0 Å². The van der Waals surface area contributed by atoms with Gasteiger partial charge in [0.15, 0.2) is 0 Å². The number of nitrogens with one attached hydrogen (secondary N) is 1. The van der Waals surface area contributed by atoms with Gasteiger partial charge in [0.25, 0.3) is 5.91 Å². The Kier molecular flexibility index (Phi) is 4.22. The van der Waals surface area contributed by atoms with Crippen LogP contribution in [-0.4, -0.2) is 15.9 Å². The molecule has 3 rings (SSSR count). The standard InChI is InChI=1S/C18H12ClN3O/c1-2-5-18(23)21-12-8-9-14(19)13(10-12)17-11-20-15-6-3-4-7-16(15)22-17/h3-4,6-11H,1H3,(H,21,23). The average Bonchev–Trinajstić information content (AvgIpc) is 2.56. The van der Waals surface area contributed by atoms with E-state index in [1.807, 2.05) is 24.3 Å². The van der Waals surface area contributed by atoms with Crippen LogP contribution in [0.3, 0.4) is 0 Å². The van der Waals surface area contributed by atoms with Gasteiger partial charge in [0, 0.05) is 11.3 Å². The molecule has 0 saturated carbocycles. The molecule has 0 spiro atoms. The number of para-hydroxylation sites is 2. The third-order valence-electron chi connectivity index (χ3n) is 3.19. The highest BCUT2D eigenvalue weighted by molar-refractivity contribution is 6.33. The number of nitrogens with zero attached hydrogens (tertiary/aromatic N) is 2. The van der Waals surface area contributed by atoms with Gasteiger partial charge >= 0.3 is 0 Å². The van der Waals surface area contributed by atoms with Gasteiger partial charge in [-0.15, -0.1) is 0 Å². The molecule has 1 heterocycles. The van der Waals surface area contributed by atoms with E-state index in [4.69, 9.17) is 11.6 Å². The number of carbonyl (C=O) groups excluding carboxylic acids is 1. The van der Waals surface area contributed by atoms with Gasteiger partial charge in [-0.1, -0.05) is 29.7 Å². The Bertz CT molecular complexity index is 957. The van der Waals surface area contributed by atoms with Crippen LogP contribution in [-0.2, 0) is 4.79 Å². The summed E-state index contributed by atoms with van der Waals surface area (Å²) >= 11 is 6.27. The third-order valence-corrected chi connectivity index (χ3v) is 3.52. The summed E-state index contributed by atoms with van der Waals surface area (Å²) in [5.41, 5.74) is 3.55. The van der Waals surface area contributed by atoms with Crippen LogP contribution >= 0.6 is 11.6 Å². The largest absolute Gasteiger partial charge is 0.315 e. The summed E-state index contributed by atoms with van der Waals surface area (Å²) in [6.07, 6.45) is 1.67. The highest BCUT2D eigenvalue weighted by atomic mass is 35.5. The van der Waals surface area contributed by atoms with Gasteiger partial charge < -0.3 is 5.32 Å². The van der Waals surface area contributed by atoms with Crippen molar-refractivity contribution in [1.29, 1.82) is 0 Å². The average molecular weight is 322 g/mol. The molecule has 0 aliphatic rings. The van der Waals surface area contributed by atoms with E-state index >= 15 is 0 Å². The molecule has 4 nitrogen and oxygen atoms in total. The Balaban J connectivity index is 2.02. The number of rotatable bonds is 2. The normalized spacial score (nSPS) is 10.0. The molecule has 0 fully saturated rings. The molecule has 23 heavy (non-hydrogen) atoms. The van der Waals surface area contributed by atoms with Crippen LogP contribution < -0.4 is 5.32 Å². The van der Waals surface area contributed by atoms with Crippen molar-refractivity contribution in [1.82, 2.24) is 9.97 Å². The van der Waals surface area contributed by atoms with Crippen molar-refractivity contribution < 1.29 is 4.79 Å². The van der Waals surface area contributed by atoms with E-state index in [-0.39, 0.29) is 5.91 Å². The van der Waals surface area contributed by atoms with Crippen molar-refractivity contribution in [3.8, 4) is 23.1 Å². The predicted molar refractivity (Wildman–Crippen MR) is 92.1 cm³/mol. The maximum atomic E-state index is 11.6. The van der Waals surface area contributed by atoms with E-state index in [0.29, 0.717) is 22.0 Å². The van der Waals surface area contributed by atoms with Crippen LogP contribution in [0.15, 0.2) is 48.7 Å². The lowest BCUT2D eigenvalue weighted by molar-refractivity contribution is -0.111. The minimum absolute atomic E-state index is 0.370. The fourth-order valence-electron chi connectivity index (χ4n) is 2.16. The van der Waals surface area contributed by atoms with Crippen molar-refractivity contribution in [2.75, 3.05) is 5.32 Å². The first-order chi connectivity index (χ1) is 11.2. The summed E-state index contributed by atoms with van der Waals surface area (Å²) in [6, 6.07) is 12.8. The number of anilines is 1. The predicted octanol–water partition coefficient (Wildman–Crippen LogP) is 3.91. The minimum Gasteiger partial charge on any atom is -0.315 e. The summed E-state index contributed by atoms with van der Waals surface area (Å²) in [7, 11) is 0. The summed E-state index contributed by atoms with van der Waals surface area (Å²) in [5.74, 6) is 4.62. The smallest absolute Gasteiger partial charge is 0.300 e. The Morgan fingerprint density at radius 3 is 2.74 bits per heavy atom. The zero-order chi connectivity index (χ0) is 16.2. The molecule has 0 atom stereocenters. The zero-order valence-electron chi connectivity index (χ0n) is 12.3. The summed E-state index contributed by atoms with van der Waals surface area (Å²) in [4.78, 5) is 20.5. The Labute approximate surface area is 138 Å². The van der Waals surface area contributed by atoms with Crippen LogP contribution in [0, 0.1) is 11.8 Å². The molecule has 1 N–H and O–H groups in total. The topological polar surface area (TPSA) is 54.9 Å². The number of hydrogen-bond donors (Lipinski definition) is 1. The molecule has 0 bridgehead atoms. The molecule has 3 aromatic rings. The van der Waals surface area contributed by atoms with E-state index in [1.165, 1.54) is 0 Å². The van der Waals surface area contributed by atoms with Crippen molar-refractivity contribution in [3.63, 3.8) is 0 Å². The molecular formula is C18H12ClN3O. The van der Waals surface area contributed by atoms with Gasteiger partial charge in [-0.05, 0) is 43.2 Å². The van der Waals surface area contributed by atoms with Crippen LogP contribution in [0.4, 0.5) is 5.69 Å². The Hall–Kier alpha value is -2.90. The lowest BCUT2D eigenvalue weighted by Gasteiger charge is -2.08. The van der Waals surface area contributed by atoms with E-state index in [9.17, 15) is 4.79 Å². The third kappa shape index (κ3) is 3.31. The van der Waals surface area contributed by atoms with Gasteiger partial charge in [-0.2, -0.15) is 0 Å². The molecule has 1 aromatic heterocycles. The zero-order valence-corrected chi connectivity index (χ0v) is 13.1. The molecule has 0 saturated heterocycles. The number of amides is 1. The fourth-order valence-corrected chi connectivity index (χ4v) is 2.38. The van der Waals surface area contributed by atoms with Gasteiger partial charge in [-0.3, -0.25) is 9.78 Å². The molecule has 0 radical (unpaired) electrons. The van der Waals surface area contributed by atoms with Crippen LogP contribution in [0.5, 0.6) is 0 Å². The summed E-state index contributed by atoms with van der Waals surface area (Å²) in [6.45, 7) is 1.61. The fraction of sp³-hybridized carbons (Fsp3) is 0.0556. The molecule has 112 valence electrons. The second-order valence-corrected chi connectivity index (χ2v) is 5.17. The maximum absolute atomic E-state index is 11.6. The second kappa shape index (κ2) is 6.47. The highest BCUT2D eigenvalue weighted by Gasteiger charge is 2.09. The van der Waals surface area contributed by atoms with E-state index in [2.05, 4.69) is 27.1 Å². The van der Waals surface area contributed by atoms with Gasteiger partial charge in [0.2, 0.25) is 0 Å². The molecule has 1 amide bonds. The summed E-state index contributed by atoms with van der Waals surface area (Å²) < 4.78 is 0. The first kappa shape index (κ1) is 15.0. The van der Waals surface area contributed by atoms with Crippen LogP contribution in [0.2, 0.25) is 5.02 Å². The summed E-state index contributed by atoms with van der Waals surface area (Å²) in [5, 5.41) is 3.23. The SMILES string of the molecule is CC#CC(=O)Nc1ccc(Cl)c(-c2cnc3ccccc3n2)c1. The molecule has 0 aliphatic carbocycles. The monoisotopic (exact) mass is 321 g/mol. The van der Waals surface area contributed by atoms with Crippen molar-refractivity contribution >= 4 is 34.2 Å². The number of benzene rings is 2. The Morgan fingerprint density at radius 2 is 1.96 bits per heavy atom. The number of halogens is 1. The van der Waals surface area contributed by atoms with Gasteiger partial charge in [-0.25, -0.2) is 4.98 Å². The maximum Gasteiger partial charge on any atom is 0.300 e. The number of carbonyl (C=O) groups is 1. The molecule has 0 unspecified atom stereocenters. The Morgan fingerprint density at radius 1 is 1.17 bits per heavy atom. The molecule has 5 heteroatoms. The van der Waals surface area contributed by atoms with Crippen molar-refractivity contribution in [3.05, 3.63) is 53.7 Å². The van der Waals surface area contributed by atoms with Crippen LogP contribution in [0.1, 0.15) is 6.92 Å². The first-order valence-electron chi connectivity index (χ1n) is 6.93. The van der Waals surface area contributed by atoms with Gasteiger partial charge in [0.05, 0.1) is 27.9 Å². The highest BCUT2D eigenvalue weighted by Crippen LogP contribution is 2.29. The first-order valence-corrected chi connectivity index (χ1v) is 7.30. The lowest BCUT2D eigenvalue weighted by atomic mass is 10.1. The molecule has 2 aromatic carbocycles. The minimum atomic E-state index is -0.370.